The summed E-state index contributed by atoms with van der Waals surface area (Å²) in [6.07, 6.45) is 5.75. The molecule has 4 heteroatoms. The van der Waals surface area contributed by atoms with Crippen molar-refractivity contribution < 1.29 is 14.3 Å². The van der Waals surface area contributed by atoms with E-state index in [2.05, 4.69) is 4.98 Å². The number of unbranched alkanes of at least 4 members (excludes halogenated alkanes) is 1. The summed E-state index contributed by atoms with van der Waals surface area (Å²) in [5.74, 6) is -0.550. The van der Waals surface area contributed by atoms with Crippen molar-refractivity contribution in [2.45, 2.75) is 31.8 Å². The molecule has 1 heterocycles. The third kappa shape index (κ3) is 5.27. The Morgan fingerprint density at radius 3 is 1.61 bits per heavy atom. The van der Waals surface area contributed by atoms with Crippen LogP contribution in [-0.2, 0) is 4.74 Å². The third-order valence-corrected chi connectivity index (χ3v) is 4.53. The Morgan fingerprint density at radius 1 is 0.821 bits per heavy atom. The van der Waals surface area contributed by atoms with Gasteiger partial charge in [-0.25, -0.2) is 0 Å². The van der Waals surface area contributed by atoms with Crippen LogP contribution in [-0.4, -0.2) is 29.3 Å². The largest absolute Gasteiger partial charge is 0.368 e. The summed E-state index contributed by atoms with van der Waals surface area (Å²) in [5.41, 5.74) is -0.469. The highest BCUT2D eigenvalue weighted by molar-refractivity contribution is 6.22. The summed E-state index contributed by atoms with van der Waals surface area (Å²) in [5, 5.41) is 0. The van der Waals surface area contributed by atoms with Gasteiger partial charge in [-0.1, -0.05) is 74.0 Å². The monoisotopic (exact) mass is 377 g/mol. The molecule has 3 rings (SSSR count). The van der Waals surface area contributed by atoms with Crippen molar-refractivity contribution in [3.8, 4) is 0 Å². The van der Waals surface area contributed by atoms with Crippen LogP contribution in [0.25, 0.3) is 0 Å². The number of hydrogen-bond donors (Lipinski definition) is 1. The first-order valence-electron chi connectivity index (χ1n) is 9.48. The number of rotatable bonds is 8. The molecule has 0 aliphatic rings. The van der Waals surface area contributed by atoms with E-state index < -0.39 is 5.60 Å². The zero-order chi connectivity index (χ0) is 20.2. The van der Waals surface area contributed by atoms with E-state index in [0.717, 1.165) is 12.8 Å². The van der Waals surface area contributed by atoms with Crippen LogP contribution in [0.3, 0.4) is 0 Å². The minimum Gasteiger partial charge on any atom is -0.368 e. The molecule has 0 spiro atoms. The lowest BCUT2D eigenvalue weighted by Gasteiger charge is -2.29. The van der Waals surface area contributed by atoms with Crippen LogP contribution in [0, 0.1) is 0 Å². The molecule has 0 amide bonds. The van der Waals surface area contributed by atoms with Crippen LogP contribution in [0.5, 0.6) is 0 Å². The SMILES string of the molecule is CCCCC(OC)(C(=O)c1ccccc1)C(=O)c1ccccc1.c1cc[nH]c1. The number of carbonyl (C=O) groups excluding carboxylic acids is 2. The molecule has 0 radical (unpaired) electrons. The van der Waals surface area contributed by atoms with Gasteiger partial charge in [0.15, 0.2) is 5.60 Å². The van der Waals surface area contributed by atoms with Crippen LogP contribution in [0.1, 0.15) is 46.9 Å². The number of hydrogen-bond acceptors (Lipinski definition) is 3. The van der Waals surface area contributed by atoms with Gasteiger partial charge in [-0.2, -0.15) is 0 Å². The lowest BCUT2D eigenvalue weighted by molar-refractivity contribution is 0.00384. The number of H-pyrrole nitrogens is 1. The molecule has 146 valence electrons. The van der Waals surface area contributed by atoms with E-state index >= 15 is 0 Å². The molecule has 1 N–H and O–H groups in total. The zero-order valence-corrected chi connectivity index (χ0v) is 16.4. The molecule has 2 aromatic carbocycles. The summed E-state index contributed by atoms with van der Waals surface area (Å²) in [7, 11) is 1.44. The predicted octanol–water partition coefficient (Wildman–Crippen LogP) is 5.34. The highest BCUT2D eigenvalue weighted by Crippen LogP contribution is 2.28. The molecule has 28 heavy (non-hydrogen) atoms. The van der Waals surface area contributed by atoms with Crippen molar-refractivity contribution >= 4 is 11.6 Å². The Hall–Kier alpha value is -2.98. The van der Waals surface area contributed by atoms with Crippen LogP contribution in [0.15, 0.2) is 85.2 Å². The number of aromatic amines is 1. The van der Waals surface area contributed by atoms with Gasteiger partial charge in [-0.15, -0.1) is 0 Å². The summed E-state index contributed by atoms with van der Waals surface area (Å²) < 4.78 is 5.57. The molecule has 0 aliphatic carbocycles. The van der Waals surface area contributed by atoms with Crippen molar-refractivity contribution in [3.63, 3.8) is 0 Å². The fourth-order valence-electron chi connectivity index (χ4n) is 2.97. The highest BCUT2D eigenvalue weighted by atomic mass is 16.5. The number of nitrogens with one attached hydrogen (secondary N) is 1. The Kier molecular flexibility index (Phi) is 8.37. The average molecular weight is 377 g/mol. The Morgan fingerprint density at radius 2 is 1.29 bits per heavy atom. The lowest BCUT2D eigenvalue weighted by Crippen LogP contribution is -2.48. The van der Waals surface area contributed by atoms with Crippen molar-refractivity contribution in [1.29, 1.82) is 0 Å². The van der Waals surface area contributed by atoms with E-state index in [1.54, 1.807) is 48.5 Å². The number of Topliss-reactive ketones (excluding diaryl/α,β-unsaturated/α-hetero) is 2. The van der Waals surface area contributed by atoms with Crippen LogP contribution >= 0.6 is 0 Å². The number of ether oxygens (including phenoxy) is 1. The van der Waals surface area contributed by atoms with Gasteiger partial charge in [0.1, 0.15) is 0 Å². The molecule has 0 fully saturated rings. The number of methoxy groups -OCH3 is 1. The number of aromatic nitrogens is 1. The van der Waals surface area contributed by atoms with Crippen LogP contribution in [0.4, 0.5) is 0 Å². The molecule has 0 unspecified atom stereocenters. The highest BCUT2D eigenvalue weighted by Gasteiger charge is 2.45. The number of carbonyl (C=O) groups is 2. The molecular formula is C24H27NO3. The normalized spacial score (nSPS) is 10.6. The van der Waals surface area contributed by atoms with E-state index in [4.69, 9.17) is 4.74 Å². The quantitative estimate of drug-likeness (QED) is 0.426. The van der Waals surface area contributed by atoms with Crippen molar-refractivity contribution in [2.75, 3.05) is 7.11 Å². The van der Waals surface area contributed by atoms with Gasteiger partial charge in [0.05, 0.1) is 0 Å². The maximum Gasteiger partial charge on any atom is 0.202 e. The molecule has 0 saturated carbocycles. The van der Waals surface area contributed by atoms with Gasteiger partial charge in [-0.3, -0.25) is 9.59 Å². The van der Waals surface area contributed by atoms with Gasteiger partial charge >= 0.3 is 0 Å². The van der Waals surface area contributed by atoms with Gasteiger partial charge in [0.25, 0.3) is 0 Å². The molecule has 3 aromatic rings. The van der Waals surface area contributed by atoms with Gasteiger partial charge in [0, 0.05) is 30.6 Å². The maximum absolute atomic E-state index is 13.1. The molecule has 0 aliphatic heterocycles. The molecule has 4 nitrogen and oxygen atoms in total. The summed E-state index contributed by atoms with van der Waals surface area (Å²) in [6, 6.07) is 21.6. The van der Waals surface area contributed by atoms with E-state index in [0.29, 0.717) is 17.5 Å². The molecule has 0 atom stereocenters. The van der Waals surface area contributed by atoms with Crippen LogP contribution in [0.2, 0.25) is 0 Å². The minimum atomic E-state index is -1.46. The van der Waals surface area contributed by atoms with Crippen LogP contribution < -0.4 is 0 Å². The summed E-state index contributed by atoms with van der Waals surface area (Å²) >= 11 is 0. The topological polar surface area (TPSA) is 59.2 Å². The molecule has 0 bridgehead atoms. The molecule has 0 saturated heterocycles. The summed E-state index contributed by atoms with van der Waals surface area (Å²) in [4.78, 5) is 29.0. The first-order chi connectivity index (χ1) is 13.7. The van der Waals surface area contributed by atoms with Gasteiger partial charge in [0.2, 0.25) is 11.6 Å². The van der Waals surface area contributed by atoms with Gasteiger partial charge in [-0.05, 0) is 25.0 Å². The van der Waals surface area contributed by atoms with Crippen molar-refractivity contribution in [1.82, 2.24) is 4.98 Å². The molecular weight excluding hydrogens is 350 g/mol. The third-order valence-electron chi connectivity index (χ3n) is 4.53. The maximum atomic E-state index is 13.1. The Labute approximate surface area is 166 Å². The van der Waals surface area contributed by atoms with Crippen molar-refractivity contribution in [2.24, 2.45) is 0 Å². The first-order valence-corrected chi connectivity index (χ1v) is 9.48. The number of benzene rings is 2. The Balaban J connectivity index is 0.000000485. The minimum absolute atomic E-state index is 0.275. The Bertz CT molecular complexity index is 758. The van der Waals surface area contributed by atoms with E-state index in [-0.39, 0.29) is 11.6 Å². The summed E-state index contributed by atoms with van der Waals surface area (Å²) in [6.45, 7) is 2.03. The second kappa shape index (κ2) is 11.0. The smallest absolute Gasteiger partial charge is 0.202 e. The fraction of sp³-hybridized carbons (Fsp3) is 0.250. The van der Waals surface area contributed by atoms with Crippen molar-refractivity contribution in [3.05, 3.63) is 96.3 Å². The van der Waals surface area contributed by atoms with E-state index in [1.165, 1.54) is 7.11 Å². The average Bonchev–Trinajstić information content (AvgIpc) is 3.36. The standard InChI is InChI=1S/C20H22O3.C4H5N/c1-3-4-15-20(23-2,18(21)16-11-7-5-8-12-16)19(22)17-13-9-6-10-14-17;1-2-4-5-3-1/h5-14H,3-4,15H2,1-2H3;1-5H. The van der Waals surface area contributed by atoms with E-state index in [9.17, 15) is 9.59 Å². The second-order valence-electron chi connectivity index (χ2n) is 6.41. The van der Waals surface area contributed by atoms with Gasteiger partial charge < -0.3 is 9.72 Å². The fourth-order valence-corrected chi connectivity index (χ4v) is 2.97. The van der Waals surface area contributed by atoms with E-state index in [1.807, 2.05) is 43.6 Å². The lowest BCUT2D eigenvalue weighted by atomic mass is 9.81. The molecule has 1 aromatic heterocycles. The second-order valence-corrected chi connectivity index (χ2v) is 6.41. The predicted molar refractivity (Wildman–Crippen MR) is 112 cm³/mol. The zero-order valence-electron chi connectivity index (χ0n) is 16.4. The first kappa shape index (κ1) is 21.3. The number of ketones is 2.